The Hall–Kier alpha value is -0.610. The lowest BCUT2D eigenvalue weighted by molar-refractivity contribution is -0.186. The van der Waals surface area contributed by atoms with Crippen molar-refractivity contribution in [2.45, 2.75) is 19.3 Å². The summed E-state index contributed by atoms with van der Waals surface area (Å²) in [7, 11) is 3.54. The van der Waals surface area contributed by atoms with E-state index in [0.29, 0.717) is 13.2 Å². The number of hydrogen-bond donors (Lipinski definition) is 0. The third-order valence-electron chi connectivity index (χ3n) is 3.74. The highest BCUT2D eigenvalue weighted by Crippen LogP contribution is 2.32. The lowest BCUT2D eigenvalue weighted by Gasteiger charge is -2.42. The van der Waals surface area contributed by atoms with Gasteiger partial charge in [0.1, 0.15) is 5.41 Å². The first-order chi connectivity index (χ1) is 7.66. The summed E-state index contributed by atoms with van der Waals surface area (Å²) in [4.78, 5) is 13.9. The molecule has 0 bridgehead atoms. The second kappa shape index (κ2) is 4.72. The molecule has 0 radical (unpaired) electrons. The van der Waals surface area contributed by atoms with Crippen LogP contribution in [-0.4, -0.2) is 51.3 Å². The molecule has 0 spiro atoms. The van der Waals surface area contributed by atoms with Gasteiger partial charge in [0.15, 0.2) is 0 Å². The van der Waals surface area contributed by atoms with Crippen LogP contribution in [0.1, 0.15) is 19.3 Å². The van der Waals surface area contributed by atoms with E-state index >= 15 is 0 Å². The molecule has 2 aliphatic rings. The van der Waals surface area contributed by atoms with Crippen LogP contribution < -0.4 is 0 Å². The minimum absolute atomic E-state index is 0.126. The first kappa shape index (κ1) is 11.9. The lowest BCUT2D eigenvalue weighted by atomic mass is 9.83. The highest BCUT2D eigenvalue weighted by molar-refractivity contribution is 5.78. The number of esters is 1. The first-order valence-electron chi connectivity index (χ1n) is 6.01. The van der Waals surface area contributed by atoms with E-state index in [4.69, 9.17) is 9.47 Å². The highest BCUT2D eigenvalue weighted by Gasteiger charge is 2.48. The van der Waals surface area contributed by atoms with Crippen LogP contribution in [0, 0.1) is 11.3 Å². The Kier molecular flexibility index (Phi) is 3.50. The van der Waals surface area contributed by atoms with Crippen molar-refractivity contribution in [2.75, 3.05) is 40.5 Å². The van der Waals surface area contributed by atoms with Gasteiger partial charge in [0, 0.05) is 13.1 Å². The third kappa shape index (κ3) is 2.23. The van der Waals surface area contributed by atoms with E-state index in [1.54, 1.807) is 0 Å². The van der Waals surface area contributed by atoms with Crippen molar-refractivity contribution in [2.24, 2.45) is 11.3 Å². The van der Waals surface area contributed by atoms with Gasteiger partial charge in [-0.05, 0) is 25.8 Å². The van der Waals surface area contributed by atoms with Crippen LogP contribution in [0.5, 0.6) is 0 Å². The molecule has 0 aromatic rings. The predicted octanol–water partition coefficient (Wildman–Crippen LogP) is 0.908. The molecule has 0 unspecified atom stereocenters. The smallest absolute Gasteiger partial charge is 0.317 e. The number of ether oxygens (including phenoxy) is 2. The second-order valence-electron chi connectivity index (χ2n) is 5.26. The molecule has 1 aliphatic carbocycles. The maximum atomic E-state index is 11.7. The van der Waals surface area contributed by atoms with Gasteiger partial charge in [0.05, 0.1) is 20.3 Å². The van der Waals surface area contributed by atoms with Crippen LogP contribution in [0.4, 0.5) is 0 Å². The van der Waals surface area contributed by atoms with Gasteiger partial charge in [-0.2, -0.15) is 0 Å². The first-order valence-corrected chi connectivity index (χ1v) is 6.01. The number of hydrogen-bond acceptors (Lipinski definition) is 4. The van der Waals surface area contributed by atoms with Crippen molar-refractivity contribution in [3.63, 3.8) is 0 Å². The summed E-state index contributed by atoms with van der Waals surface area (Å²) < 4.78 is 10.0. The molecule has 1 heterocycles. The van der Waals surface area contributed by atoms with Crippen LogP contribution in [0.2, 0.25) is 0 Å². The summed E-state index contributed by atoms with van der Waals surface area (Å²) >= 11 is 0. The Bertz CT molecular complexity index is 259. The van der Waals surface area contributed by atoms with Crippen molar-refractivity contribution in [3.05, 3.63) is 0 Å². The highest BCUT2D eigenvalue weighted by atomic mass is 16.5. The summed E-state index contributed by atoms with van der Waals surface area (Å²) in [6, 6.07) is 0. The summed E-state index contributed by atoms with van der Waals surface area (Å²) in [6.07, 6.45) is 4.04. The minimum atomic E-state index is -0.396. The maximum absolute atomic E-state index is 11.7. The molecule has 16 heavy (non-hydrogen) atoms. The number of nitrogens with zero attached hydrogens (tertiary/aromatic N) is 1. The molecule has 4 heteroatoms. The Morgan fingerprint density at radius 1 is 1.50 bits per heavy atom. The Balaban J connectivity index is 1.83. The molecule has 92 valence electrons. The summed E-state index contributed by atoms with van der Waals surface area (Å²) in [5.74, 6) is 0.708. The van der Waals surface area contributed by atoms with Crippen molar-refractivity contribution in [1.29, 1.82) is 0 Å². The van der Waals surface area contributed by atoms with E-state index in [9.17, 15) is 4.79 Å². The normalized spacial score (nSPS) is 23.7. The van der Waals surface area contributed by atoms with Gasteiger partial charge in [-0.3, -0.25) is 4.79 Å². The third-order valence-corrected chi connectivity index (χ3v) is 3.74. The molecule has 0 aromatic carbocycles. The monoisotopic (exact) mass is 227 g/mol. The molecule has 2 rings (SSSR count). The van der Waals surface area contributed by atoms with E-state index in [-0.39, 0.29) is 5.97 Å². The van der Waals surface area contributed by atoms with Crippen molar-refractivity contribution in [3.8, 4) is 0 Å². The van der Waals surface area contributed by atoms with Gasteiger partial charge < -0.3 is 14.4 Å². The van der Waals surface area contributed by atoms with Gasteiger partial charge in [0.2, 0.25) is 0 Å². The lowest BCUT2D eigenvalue weighted by Crippen LogP contribution is -2.56. The van der Waals surface area contributed by atoms with E-state index in [1.165, 1.54) is 26.4 Å². The van der Waals surface area contributed by atoms with Crippen molar-refractivity contribution in [1.82, 2.24) is 4.90 Å². The number of carbonyl (C=O) groups excluding carboxylic acids is 1. The second-order valence-corrected chi connectivity index (χ2v) is 5.26. The van der Waals surface area contributed by atoms with Gasteiger partial charge in [-0.1, -0.05) is 6.42 Å². The predicted molar refractivity (Wildman–Crippen MR) is 60.1 cm³/mol. The quantitative estimate of drug-likeness (QED) is 0.654. The summed E-state index contributed by atoms with van der Waals surface area (Å²) in [6.45, 7) is 2.87. The van der Waals surface area contributed by atoms with Crippen LogP contribution in [0.25, 0.3) is 0 Å². The average Bonchev–Trinajstić information content (AvgIpc) is 2.16. The Labute approximate surface area is 96.9 Å². The Morgan fingerprint density at radius 2 is 2.19 bits per heavy atom. The zero-order valence-corrected chi connectivity index (χ0v) is 10.2. The van der Waals surface area contributed by atoms with Gasteiger partial charge >= 0.3 is 5.97 Å². The maximum Gasteiger partial charge on any atom is 0.317 e. The largest absolute Gasteiger partial charge is 0.468 e. The molecule has 1 aliphatic heterocycles. The van der Waals surface area contributed by atoms with E-state index in [1.807, 2.05) is 0 Å². The zero-order valence-electron chi connectivity index (χ0n) is 10.2. The molecule has 4 nitrogen and oxygen atoms in total. The van der Waals surface area contributed by atoms with Gasteiger partial charge in [-0.15, -0.1) is 0 Å². The minimum Gasteiger partial charge on any atom is -0.468 e. The summed E-state index contributed by atoms with van der Waals surface area (Å²) in [5, 5.41) is 0. The molecule has 0 N–H and O–H groups in total. The molecule has 1 saturated carbocycles. The molecular weight excluding hydrogens is 206 g/mol. The average molecular weight is 227 g/mol. The Morgan fingerprint density at radius 3 is 2.56 bits per heavy atom. The number of rotatable bonds is 5. The van der Waals surface area contributed by atoms with Gasteiger partial charge in [0.25, 0.3) is 0 Å². The van der Waals surface area contributed by atoms with Crippen LogP contribution in [0.15, 0.2) is 0 Å². The zero-order chi connectivity index (χ0) is 11.6. The summed E-state index contributed by atoms with van der Waals surface area (Å²) in [5.41, 5.74) is -0.396. The molecule has 2 fully saturated rings. The fourth-order valence-corrected chi connectivity index (χ4v) is 2.54. The molecule has 0 amide bonds. The SMILES string of the molecule is COC(=O)C1(CN(C)CC2CCC2)COC1. The fourth-order valence-electron chi connectivity index (χ4n) is 2.54. The van der Waals surface area contributed by atoms with Crippen LogP contribution in [0.3, 0.4) is 0 Å². The molecule has 0 aromatic heterocycles. The van der Waals surface area contributed by atoms with Crippen molar-refractivity contribution >= 4 is 5.97 Å². The number of methoxy groups -OCH3 is 1. The van der Waals surface area contributed by atoms with E-state index < -0.39 is 5.41 Å². The molecular formula is C12H21NO3. The topological polar surface area (TPSA) is 38.8 Å². The van der Waals surface area contributed by atoms with Crippen molar-refractivity contribution < 1.29 is 14.3 Å². The van der Waals surface area contributed by atoms with Crippen LogP contribution in [-0.2, 0) is 14.3 Å². The van der Waals surface area contributed by atoms with Crippen LogP contribution >= 0.6 is 0 Å². The number of carbonyl (C=O) groups is 1. The fraction of sp³-hybridized carbons (Fsp3) is 0.917. The van der Waals surface area contributed by atoms with E-state index in [2.05, 4.69) is 11.9 Å². The van der Waals surface area contributed by atoms with Gasteiger partial charge in [-0.25, -0.2) is 0 Å². The van der Waals surface area contributed by atoms with E-state index in [0.717, 1.165) is 19.0 Å². The standard InChI is InChI=1S/C12H21NO3/c1-13(6-10-4-3-5-10)7-12(8-16-9-12)11(14)15-2/h10H,3-9H2,1-2H3. The molecule has 0 atom stereocenters. The molecule has 1 saturated heterocycles.